The molecule has 1 aromatic carbocycles. The highest BCUT2D eigenvalue weighted by molar-refractivity contribution is 5.67. The maximum Gasteiger partial charge on any atom is 0.407 e. The van der Waals surface area contributed by atoms with Gasteiger partial charge in [0.1, 0.15) is 5.60 Å². The van der Waals surface area contributed by atoms with Crippen LogP contribution in [0, 0.1) is 0 Å². The van der Waals surface area contributed by atoms with Crippen LogP contribution in [0.15, 0.2) is 30.3 Å². The van der Waals surface area contributed by atoms with Crippen molar-refractivity contribution in [2.24, 2.45) is 0 Å². The number of amides is 1. The number of carbonyl (C=O) groups is 1. The smallest absolute Gasteiger partial charge is 0.407 e. The average molecular weight is 320 g/mol. The van der Waals surface area contributed by atoms with Crippen LogP contribution in [0.5, 0.6) is 0 Å². The van der Waals surface area contributed by atoms with Crippen molar-refractivity contribution in [3.05, 3.63) is 30.3 Å². The number of ether oxygens (including phenoxy) is 1. The Bertz CT molecular complexity index is 427. The average Bonchev–Trinajstić information content (AvgIpc) is 2.48. The standard InChI is InChI=1S/C19H32N2O2/c1-19(2,3)23-18(22)21-16-12-7-5-4-6-11-15-20-17-13-9-8-10-14-17/h8-10,13-14,20H,4-7,11-12,15-16H2,1-3H3,(H,21,22). The Morgan fingerprint density at radius 3 is 2.09 bits per heavy atom. The van der Waals surface area contributed by atoms with Crippen molar-refractivity contribution in [1.82, 2.24) is 5.32 Å². The minimum absolute atomic E-state index is 0.315. The number of nitrogens with one attached hydrogen (secondary N) is 2. The highest BCUT2D eigenvalue weighted by atomic mass is 16.6. The topological polar surface area (TPSA) is 50.4 Å². The van der Waals surface area contributed by atoms with Gasteiger partial charge in [-0.25, -0.2) is 4.79 Å². The highest BCUT2D eigenvalue weighted by Gasteiger charge is 2.15. The van der Waals surface area contributed by atoms with E-state index in [4.69, 9.17) is 4.74 Å². The third-order valence-electron chi connectivity index (χ3n) is 3.37. The van der Waals surface area contributed by atoms with E-state index < -0.39 is 5.60 Å². The Balaban J connectivity index is 1.86. The predicted octanol–water partition coefficient (Wildman–Crippen LogP) is 4.96. The molecule has 2 N–H and O–H groups in total. The number of para-hydroxylation sites is 1. The summed E-state index contributed by atoms with van der Waals surface area (Å²) in [5.74, 6) is 0. The Morgan fingerprint density at radius 2 is 1.48 bits per heavy atom. The third-order valence-corrected chi connectivity index (χ3v) is 3.37. The minimum atomic E-state index is -0.419. The monoisotopic (exact) mass is 320 g/mol. The van der Waals surface area contributed by atoms with Gasteiger partial charge < -0.3 is 15.4 Å². The molecule has 0 aromatic heterocycles. The lowest BCUT2D eigenvalue weighted by atomic mass is 10.1. The molecule has 0 unspecified atom stereocenters. The van der Waals surface area contributed by atoms with Crippen molar-refractivity contribution >= 4 is 11.8 Å². The molecule has 0 radical (unpaired) electrons. The van der Waals surface area contributed by atoms with Crippen LogP contribution >= 0.6 is 0 Å². The summed E-state index contributed by atoms with van der Waals surface area (Å²) in [6, 6.07) is 10.3. The SMILES string of the molecule is CC(C)(C)OC(=O)NCCCCCCCCNc1ccccc1. The second-order valence-corrected chi connectivity index (χ2v) is 6.84. The highest BCUT2D eigenvalue weighted by Crippen LogP contribution is 2.09. The van der Waals surface area contributed by atoms with Crippen LogP contribution < -0.4 is 10.6 Å². The number of carbonyl (C=O) groups excluding carboxylic acids is 1. The summed E-state index contributed by atoms with van der Waals surface area (Å²) in [5.41, 5.74) is 0.776. The van der Waals surface area contributed by atoms with Crippen LogP contribution in [-0.2, 0) is 4.74 Å². The molecule has 0 spiro atoms. The normalized spacial score (nSPS) is 11.1. The zero-order chi connectivity index (χ0) is 17.0. The van der Waals surface area contributed by atoms with Gasteiger partial charge >= 0.3 is 6.09 Å². The van der Waals surface area contributed by atoms with E-state index >= 15 is 0 Å². The molecule has 4 nitrogen and oxygen atoms in total. The molecule has 0 heterocycles. The number of hydrogen-bond acceptors (Lipinski definition) is 3. The fourth-order valence-electron chi connectivity index (χ4n) is 2.25. The molecule has 0 saturated heterocycles. The summed E-state index contributed by atoms with van der Waals surface area (Å²) in [5, 5.41) is 6.22. The summed E-state index contributed by atoms with van der Waals surface area (Å²) in [4.78, 5) is 11.4. The van der Waals surface area contributed by atoms with Crippen molar-refractivity contribution in [3.63, 3.8) is 0 Å². The molecule has 0 saturated carbocycles. The Hall–Kier alpha value is -1.71. The second-order valence-electron chi connectivity index (χ2n) is 6.84. The molecule has 0 atom stereocenters. The van der Waals surface area contributed by atoms with Gasteiger partial charge in [0.25, 0.3) is 0 Å². The van der Waals surface area contributed by atoms with Gasteiger partial charge in [0.05, 0.1) is 0 Å². The summed E-state index contributed by atoms with van der Waals surface area (Å²) < 4.78 is 5.19. The van der Waals surface area contributed by atoms with Crippen molar-refractivity contribution in [2.75, 3.05) is 18.4 Å². The van der Waals surface area contributed by atoms with Crippen LogP contribution in [-0.4, -0.2) is 24.8 Å². The number of alkyl carbamates (subject to hydrolysis) is 1. The lowest BCUT2D eigenvalue weighted by molar-refractivity contribution is 0.0527. The Labute approximate surface area is 141 Å². The van der Waals surface area contributed by atoms with Crippen LogP contribution in [0.1, 0.15) is 59.3 Å². The quantitative estimate of drug-likeness (QED) is 0.599. The molecular weight excluding hydrogens is 288 g/mol. The first-order valence-corrected chi connectivity index (χ1v) is 8.73. The van der Waals surface area contributed by atoms with Gasteiger partial charge in [-0.1, -0.05) is 43.9 Å². The molecule has 23 heavy (non-hydrogen) atoms. The Morgan fingerprint density at radius 1 is 0.913 bits per heavy atom. The third kappa shape index (κ3) is 11.5. The maximum atomic E-state index is 11.4. The van der Waals surface area contributed by atoms with E-state index in [9.17, 15) is 4.79 Å². The lowest BCUT2D eigenvalue weighted by Gasteiger charge is -2.19. The van der Waals surface area contributed by atoms with Crippen molar-refractivity contribution in [1.29, 1.82) is 0 Å². The van der Waals surface area contributed by atoms with Gasteiger partial charge in [-0.3, -0.25) is 0 Å². The van der Waals surface area contributed by atoms with Crippen LogP contribution in [0.4, 0.5) is 10.5 Å². The largest absolute Gasteiger partial charge is 0.444 e. The van der Waals surface area contributed by atoms with E-state index in [2.05, 4.69) is 22.8 Å². The summed E-state index contributed by atoms with van der Waals surface area (Å²) in [6.45, 7) is 7.35. The number of hydrogen-bond donors (Lipinski definition) is 2. The van der Waals surface area contributed by atoms with Crippen LogP contribution in [0.25, 0.3) is 0 Å². The van der Waals surface area contributed by atoms with Gasteiger partial charge in [-0.15, -0.1) is 0 Å². The van der Waals surface area contributed by atoms with E-state index in [-0.39, 0.29) is 6.09 Å². The molecule has 0 aliphatic carbocycles. The van der Waals surface area contributed by atoms with E-state index in [1.807, 2.05) is 39.0 Å². The lowest BCUT2D eigenvalue weighted by Crippen LogP contribution is -2.32. The van der Waals surface area contributed by atoms with Crippen molar-refractivity contribution in [3.8, 4) is 0 Å². The fourth-order valence-corrected chi connectivity index (χ4v) is 2.25. The van der Waals surface area contributed by atoms with E-state index in [0.29, 0.717) is 6.54 Å². The van der Waals surface area contributed by atoms with E-state index in [1.54, 1.807) is 0 Å². The molecule has 4 heteroatoms. The zero-order valence-corrected chi connectivity index (χ0v) is 14.9. The molecule has 0 bridgehead atoms. The number of anilines is 1. The van der Waals surface area contributed by atoms with E-state index in [1.165, 1.54) is 31.4 Å². The second kappa shape index (κ2) is 10.9. The number of rotatable bonds is 10. The summed E-state index contributed by atoms with van der Waals surface area (Å²) in [6.07, 6.45) is 6.78. The van der Waals surface area contributed by atoms with Crippen LogP contribution in [0.2, 0.25) is 0 Å². The fraction of sp³-hybridized carbons (Fsp3) is 0.632. The van der Waals surface area contributed by atoms with Crippen molar-refractivity contribution < 1.29 is 9.53 Å². The first kappa shape index (κ1) is 19.3. The van der Waals surface area contributed by atoms with Gasteiger partial charge in [-0.05, 0) is 45.7 Å². The summed E-state index contributed by atoms with van der Waals surface area (Å²) in [7, 11) is 0. The molecule has 1 aromatic rings. The summed E-state index contributed by atoms with van der Waals surface area (Å²) >= 11 is 0. The molecule has 0 aliphatic rings. The molecule has 0 fully saturated rings. The number of unbranched alkanes of at least 4 members (excludes halogenated alkanes) is 5. The van der Waals surface area contributed by atoms with Crippen molar-refractivity contribution in [2.45, 2.75) is 64.9 Å². The van der Waals surface area contributed by atoms with E-state index in [0.717, 1.165) is 19.4 Å². The predicted molar refractivity (Wildman–Crippen MR) is 96.9 cm³/mol. The van der Waals surface area contributed by atoms with Gasteiger partial charge in [0, 0.05) is 18.8 Å². The first-order valence-electron chi connectivity index (χ1n) is 8.73. The number of benzene rings is 1. The maximum absolute atomic E-state index is 11.4. The molecule has 130 valence electrons. The molecule has 1 amide bonds. The van der Waals surface area contributed by atoms with Gasteiger partial charge in [0.2, 0.25) is 0 Å². The Kier molecular flexibility index (Phi) is 9.18. The first-order chi connectivity index (χ1) is 11.0. The van der Waals surface area contributed by atoms with Gasteiger partial charge in [0.15, 0.2) is 0 Å². The molecular formula is C19H32N2O2. The molecule has 0 aliphatic heterocycles. The molecule has 1 rings (SSSR count). The van der Waals surface area contributed by atoms with Crippen LogP contribution in [0.3, 0.4) is 0 Å². The minimum Gasteiger partial charge on any atom is -0.444 e. The zero-order valence-electron chi connectivity index (χ0n) is 14.9. The van der Waals surface area contributed by atoms with Gasteiger partial charge in [-0.2, -0.15) is 0 Å².